The van der Waals surface area contributed by atoms with Gasteiger partial charge in [-0.05, 0) is 49.6 Å². The van der Waals surface area contributed by atoms with Crippen LogP contribution in [0.15, 0.2) is 18.2 Å². The highest BCUT2D eigenvalue weighted by molar-refractivity contribution is 5.68. The van der Waals surface area contributed by atoms with E-state index in [0.717, 1.165) is 12.2 Å². The molecule has 0 saturated carbocycles. The number of hydrogen-bond acceptors (Lipinski definition) is 3. The van der Waals surface area contributed by atoms with Crippen LogP contribution in [0.2, 0.25) is 0 Å². The number of aryl methyl sites for hydroxylation is 2. The predicted octanol–water partition coefficient (Wildman–Crippen LogP) is 1.57. The van der Waals surface area contributed by atoms with E-state index in [2.05, 4.69) is 12.1 Å². The Morgan fingerprint density at radius 2 is 2.17 bits per heavy atom. The number of aliphatic carboxylic acids is 1. The van der Waals surface area contributed by atoms with Gasteiger partial charge in [0.2, 0.25) is 0 Å². The average Bonchev–Trinajstić information content (AvgIpc) is 2.75. The molecule has 4 nitrogen and oxygen atoms in total. The van der Waals surface area contributed by atoms with Gasteiger partial charge in [-0.1, -0.05) is 6.07 Å². The SMILES string of the molecule is CN(CCOc1ccc2c(c1)CCC2)CC(=O)O. The number of ether oxygens (including phenoxy) is 1. The third kappa shape index (κ3) is 3.47. The molecule has 0 spiro atoms. The van der Waals surface area contributed by atoms with Crippen molar-refractivity contribution in [3.63, 3.8) is 0 Å². The minimum atomic E-state index is -0.810. The molecular weight excluding hydrogens is 230 g/mol. The first kappa shape index (κ1) is 12.9. The quantitative estimate of drug-likeness (QED) is 0.831. The zero-order valence-electron chi connectivity index (χ0n) is 10.7. The lowest BCUT2D eigenvalue weighted by atomic mass is 10.1. The monoisotopic (exact) mass is 249 g/mol. The van der Waals surface area contributed by atoms with Crippen molar-refractivity contribution in [2.45, 2.75) is 19.3 Å². The Morgan fingerprint density at radius 3 is 2.94 bits per heavy atom. The summed E-state index contributed by atoms with van der Waals surface area (Å²) in [5, 5.41) is 8.62. The number of carbonyl (C=O) groups is 1. The smallest absolute Gasteiger partial charge is 0.317 e. The van der Waals surface area contributed by atoms with Crippen molar-refractivity contribution in [1.29, 1.82) is 0 Å². The summed E-state index contributed by atoms with van der Waals surface area (Å²) in [4.78, 5) is 12.2. The molecule has 0 atom stereocenters. The van der Waals surface area contributed by atoms with E-state index in [4.69, 9.17) is 9.84 Å². The Hall–Kier alpha value is -1.55. The van der Waals surface area contributed by atoms with Crippen molar-refractivity contribution in [2.24, 2.45) is 0 Å². The van der Waals surface area contributed by atoms with E-state index in [0.29, 0.717) is 13.2 Å². The summed E-state index contributed by atoms with van der Waals surface area (Å²) >= 11 is 0. The van der Waals surface area contributed by atoms with Crippen molar-refractivity contribution in [1.82, 2.24) is 4.90 Å². The normalized spacial score (nSPS) is 13.7. The van der Waals surface area contributed by atoms with Gasteiger partial charge in [-0.25, -0.2) is 0 Å². The number of carboxylic acid groups (broad SMARTS) is 1. The molecule has 0 unspecified atom stereocenters. The van der Waals surface area contributed by atoms with Crippen LogP contribution in [0.25, 0.3) is 0 Å². The molecule has 1 N–H and O–H groups in total. The van der Waals surface area contributed by atoms with E-state index in [1.54, 1.807) is 11.9 Å². The van der Waals surface area contributed by atoms with E-state index in [9.17, 15) is 4.79 Å². The minimum absolute atomic E-state index is 0.0492. The first-order valence-electron chi connectivity index (χ1n) is 6.30. The number of fused-ring (bicyclic) bond motifs is 1. The predicted molar refractivity (Wildman–Crippen MR) is 69.1 cm³/mol. The van der Waals surface area contributed by atoms with Gasteiger partial charge in [0, 0.05) is 6.54 Å². The van der Waals surface area contributed by atoms with Crippen LogP contribution in [-0.4, -0.2) is 42.7 Å². The number of benzene rings is 1. The maximum Gasteiger partial charge on any atom is 0.317 e. The Balaban J connectivity index is 1.78. The van der Waals surface area contributed by atoms with Gasteiger partial charge in [-0.3, -0.25) is 9.69 Å². The van der Waals surface area contributed by atoms with E-state index in [1.807, 2.05) is 6.07 Å². The summed E-state index contributed by atoms with van der Waals surface area (Å²) in [6.07, 6.45) is 3.56. The van der Waals surface area contributed by atoms with Crippen LogP contribution in [0.3, 0.4) is 0 Å². The van der Waals surface area contributed by atoms with E-state index < -0.39 is 5.97 Å². The van der Waals surface area contributed by atoms with Gasteiger partial charge in [0.1, 0.15) is 12.4 Å². The molecule has 98 valence electrons. The van der Waals surface area contributed by atoms with Crippen molar-refractivity contribution >= 4 is 5.97 Å². The highest BCUT2D eigenvalue weighted by Gasteiger charge is 2.11. The lowest BCUT2D eigenvalue weighted by Gasteiger charge is -2.14. The average molecular weight is 249 g/mol. The number of nitrogens with zero attached hydrogens (tertiary/aromatic N) is 1. The molecular formula is C14H19NO3. The van der Waals surface area contributed by atoms with Gasteiger partial charge < -0.3 is 9.84 Å². The van der Waals surface area contributed by atoms with Crippen LogP contribution in [0.1, 0.15) is 17.5 Å². The molecule has 0 bridgehead atoms. The molecule has 1 aliphatic carbocycles. The number of likely N-dealkylation sites (N-methyl/N-ethyl adjacent to an activating group) is 1. The van der Waals surface area contributed by atoms with E-state index in [1.165, 1.54) is 24.0 Å². The van der Waals surface area contributed by atoms with Crippen LogP contribution in [0.5, 0.6) is 5.75 Å². The van der Waals surface area contributed by atoms with Gasteiger partial charge in [0.25, 0.3) is 0 Å². The zero-order valence-corrected chi connectivity index (χ0v) is 10.7. The van der Waals surface area contributed by atoms with Gasteiger partial charge in [-0.2, -0.15) is 0 Å². The maximum atomic E-state index is 10.5. The third-order valence-corrected chi connectivity index (χ3v) is 3.22. The van der Waals surface area contributed by atoms with Crippen molar-refractivity contribution in [2.75, 3.05) is 26.7 Å². The number of rotatable bonds is 6. The Kier molecular flexibility index (Phi) is 4.20. The fourth-order valence-corrected chi connectivity index (χ4v) is 2.27. The second kappa shape index (κ2) is 5.87. The minimum Gasteiger partial charge on any atom is -0.492 e. The molecule has 0 amide bonds. The van der Waals surface area contributed by atoms with Crippen LogP contribution in [0, 0.1) is 0 Å². The molecule has 0 radical (unpaired) electrons. The van der Waals surface area contributed by atoms with Gasteiger partial charge in [0.05, 0.1) is 6.54 Å². The number of carboxylic acids is 1. The molecule has 0 heterocycles. The summed E-state index contributed by atoms with van der Waals surface area (Å²) in [5.41, 5.74) is 2.83. The first-order chi connectivity index (χ1) is 8.65. The van der Waals surface area contributed by atoms with E-state index in [-0.39, 0.29) is 6.54 Å². The fraction of sp³-hybridized carbons (Fsp3) is 0.500. The molecule has 0 aromatic heterocycles. The number of hydrogen-bond donors (Lipinski definition) is 1. The summed E-state index contributed by atoms with van der Waals surface area (Å²) in [6, 6.07) is 6.25. The maximum absolute atomic E-state index is 10.5. The van der Waals surface area contributed by atoms with Gasteiger partial charge in [-0.15, -0.1) is 0 Å². The summed E-state index contributed by atoms with van der Waals surface area (Å²) in [5.74, 6) is 0.0782. The molecule has 1 aromatic rings. The zero-order chi connectivity index (χ0) is 13.0. The van der Waals surface area contributed by atoms with Crippen molar-refractivity contribution < 1.29 is 14.6 Å². The highest BCUT2D eigenvalue weighted by atomic mass is 16.5. The van der Waals surface area contributed by atoms with Crippen LogP contribution in [-0.2, 0) is 17.6 Å². The molecule has 1 aromatic carbocycles. The van der Waals surface area contributed by atoms with Crippen molar-refractivity contribution in [3.05, 3.63) is 29.3 Å². The Labute approximate surface area is 107 Å². The molecule has 0 fully saturated rings. The van der Waals surface area contributed by atoms with Crippen LogP contribution < -0.4 is 4.74 Å². The lowest BCUT2D eigenvalue weighted by Crippen LogP contribution is -2.29. The second-order valence-electron chi connectivity index (χ2n) is 4.76. The van der Waals surface area contributed by atoms with Gasteiger partial charge in [0.15, 0.2) is 0 Å². The molecule has 18 heavy (non-hydrogen) atoms. The molecule has 2 rings (SSSR count). The summed E-state index contributed by atoms with van der Waals surface area (Å²) < 4.78 is 5.65. The van der Waals surface area contributed by atoms with Crippen molar-refractivity contribution in [3.8, 4) is 5.75 Å². The topological polar surface area (TPSA) is 49.8 Å². The summed E-state index contributed by atoms with van der Waals surface area (Å²) in [7, 11) is 1.78. The Bertz CT molecular complexity index is 431. The fourth-order valence-electron chi connectivity index (χ4n) is 2.27. The highest BCUT2D eigenvalue weighted by Crippen LogP contribution is 2.25. The second-order valence-corrected chi connectivity index (χ2v) is 4.76. The standard InChI is InChI=1S/C14H19NO3/c1-15(10-14(16)17)7-8-18-13-6-5-11-3-2-4-12(11)9-13/h5-6,9H,2-4,7-8,10H2,1H3,(H,16,17). The summed E-state index contributed by atoms with van der Waals surface area (Å²) in [6.45, 7) is 1.18. The Morgan fingerprint density at radius 1 is 1.39 bits per heavy atom. The van der Waals surface area contributed by atoms with Crippen LogP contribution >= 0.6 is 0 Å². The van der Waals surface area contributed by atoms with Gasteiger partial charge >= 0.3 is 5.97 Å². The van der Waals surface area contributed by atoms with Crippen LogP contribution in [0.4, 0.5) is 0 Å². The molecule has 0 aliphatic heterocycles. The largest absolute Gasteiger partial charge is 0.492 e. The molecule has 1 aliphatic rings. The molecule has 0 saturated heterocycles. The first-order valence-corrected chi connectivity index (χ1v) is 6.30. The van der Waals surface area contributed by atoms with E-state index >= 15 is 0 Å². The molecule has 4 heteroatoms. The lowest BCUT2D eigenvalue weighted by molar-refractivity contribution is -0.138. The third-order valence-electron chi connectivity index (χ3n) is 3.22.